The summed E-state index contributed by atoms with van der Waals surface area (Å²) in [5.41, 5.74) is -0.115. The Labute approximate surface area is 158 Å². The van der Waals surface area contributed by atoms with Gasteiger partial charge in [-0.05, 0) is 30.9 Å². The van der Waals surface area contributed by atoms with Gasteiger partial charge in [-0.1, -0.05) is 19.8 Å². The minimum atomic E-state index is -0.718. The smallest absolute Gasteiger partial charge is 0.234 e. The number of nitrogens with zero attached hydrogens (tertiary/aromatic N) is 3. The van der Waals surface area contributed by atoms with E-state index in [4.69, 9.17) is 5.26 Å². The molecule has 3 rings (SSSR count). The van der Waals surface area contributed by atoms with Crippen molar-refractivity contribution >= 4 is 11.6 Å². The van der Waals surface area contributed by atoms with Gasteiger partial charge in [0, 0.05) is 32.2 Å². The molecule has 0 aromatic heterocycles. The average Bonchev–Trinajstić information content (AvgIpc) is 2.62. The maximum absolute atomic E-state index is 14.2. The number of piperazine rings is 1. The van der Waals surface area contributed by atoms with Gasteiger partial charge in [-0.25, -0.2) is 8.78 Å². The molecule has 1 N–H and O–H groups in total. The van der Waals surface area contributed by atoms with Gasteiger partial charge in [0.25, 0.3) is 0 Å². The molecule has 0 radical (unpaired) electrons. The van der Waals surface area contributed by atoms with Gasteiger partial charge >= 0.3 is 0 Å². The first-order chi connectivity index (χ1) is 13.0. The van der Waals surface area contributed by atoms with E-state index in [1.807, 2.05) is 4.90 Å². The van der Waals surface area contributed by atoms with Gasteiger partial charge in [-0.15, -0.1) is 0 Å². The zero-order valence-corrected chi connectivity index (χ0v) is 15.7. The molecule has 1 aromatic carbocycles. The van der Waals surface area contributed by atoms with E-state index in [0.717, 1.165) is 31.4 Å². The fourth-order valence-electron chi connectivity index (χ4n) is 4.10. The molecule has 1 aliphatic carbocycles. The summed E-state index contributed by atoms with van der Waals surface area (Å²) in [4.78, 5) is 16.0. The highest BCUT2D eigenvalue weighted by Crippen LogP contribution is 2.26. The largest absolute Gasteiger partial charge is 0.364 e. The maximum Gasteiger partial charge on any atom is 0.234 e. The molecule has 7 heteroatoms. The Hall–Kier alpha value is -2.20. The van der Waals surface area contributed by atoms with Crippen molar-refractivity contribution in [3.8, 4) is 6.07 Å². The van der Waals surface area contributed by atoms with Crippen molar-refractivity contribution in [2.24, 2.45) is 5.92 Å². The van der Waals surface area contributed by atoms with Crippen LogP contribution in [-0.2, 0) is 4.79 Å². The van der Waals surface area contributed by atoms with Crippen molar-refractivity contribution < 1.29 is 13.6 Å². The zero-order valence-electron chi connectivity index (χ0n) is 15.7. The van der Waals surface area contributed by atoms with Crippen LogP contribution >= 0.6 is 0 Å². The molecular formula is C20H26F2N4O. The first-order valence-corrected chi connectivity index (χ1v) is 9.62. The second-order valence-electron chi connectivity index (χ2n) is 7.70. The fourth-order valence-corrected chi connectivity index (χ4v) is 4.10. The Morgan fingerprint density at radius 3 is 2.48 bits per heavy atom. The Kier molecular flexibility index (Phi) is 6.27. The van der Waals surface area contributed by atoms with Crippen molar-refractivity contribution in [1.29, 1.82) is 5.26 Å². The van der Waals surface area contributed by atoms with E-state index in [0.29, 0.717) is 38.6 Å². The third kappa shape index (κ3) is 4.95. The predicted octanol–water partition coefficient (Wildman–Crippen LogP) is 2.65. The molecule has 0 bridgehead atoms. The van der Waals surface area contributed by atoms with Crippen LogP contribution in [0.4, 0.5) is 14.5 Å². The Bertz CT molecular complexity index is 702. The van der Waals surface area contributed by atoms with Gasteiger partial charge in [-0.2, -0.15) is 5.26 Å². The summed E-state index contributed by atoms with van der Waals surface area (Å²) in [7, 11) is 0. The van der Waals surface area contributed by atoms with Gasteiger partial charge in [0.05, 0.1) is 18.2 Å². The van der Waals surface area contributed by atoms with Crippen molar-refractivity contribution in [1.82, 2.24) is 10.2 Å². The van der Waals surface area contributed by atoms with Crippen LogP contribution in [0.15, 0.2) is 12.1 Å². The second kappa shape index (κ2) is 8.66. The van der Waals surface area contributed by atoms with Crippen LogP contribution in [0.25, 0.3) is 0 Å². The number of nitriles is 1. The molecule has 1 saturated carbocycles. The van der Waals surface area contributed by atoms with Gasteiger partial charge < -0.3 is 10.2 Å². The summed E-state index contributed by atoms with van der Waals surface area (Å²) in [6.07, 6.45) is 4.47. The van der Waals surface area contributed by atoms with Gasteiger partial charge in [0.15, 0.2) is 11.6 Å². The quantitative estimate of drug-likeness (QED) is 0.878. The molecule has 5 nitrogen and oxygen atoms in total. The fraction of sp³-hybridized carbons (Fsp3) is 0.600. The number of amides is 1. The second-order valence-corrected chi connectivity index (χ2v) is 7.70. The highest BCUT2D eigenvalue weighted by atomic mass is 19.1. The number of hydrogen-bond acceptors (Lipinski definition) is 4. The minimum absolute atomic E-state index is 0.0262. The predicted molar refractivity (Wildman–Crippen MR) is 99.3 cm³/mol. The Morgan fingerprint density at radius 1 is 1.22 bits per heavy atom. The number of halogens is 2. The van der Waals surface area contributed by atoms with Gasteiger partial charge in [-0.3, -0.25) is 9.69 Å². The van der Waals surface area contributed by atoms with E-state index in [9.17, 15) is 13.6 Å². The van der Waals surface area contributed by atoms with E-state index < -0.39 is 11.6 Å². The van der Waals surface area contributed by atoms with Crippen LogP contribution in [0.5, 0.6) is 0 Å². The van der Waals surface area contributed by atoms with Crippen LogP contribution in [0.1, 0.15) is 38.2 Å². The third-order valence-corrected chi connectivity index (χ3v) is 5.50. The van der Waals surface area contributed by atoms with Gasteiger partial charge in [0.2, 0.25) is 5.91 Å². The van der Waals surface area contributed by atoms with E-state index in [1.165, 1.54) is 6.42 Å². The first-order valence-electron chi connectivity index (χ1n) is 9.62. The molecule has 0 spiro atoms. The molecule has 1 aromatic rings. The lowest BCUT2D eigenvalue weighted by Crippen LogP contribution is -2.51. The molecule has 2 fully saturated rings. The molecule has 1 amide bonds. The van der Waals surface area contributed by atoms with Crippen molar-refractivity contribution in [3.63, 3.8) is 0 Å². The molecule has 27 heavy (non-hydrogen) atoms. The highest BCUT2D eigenvalue weighted by Gasteiger charge is 2.25. The highest BCUT2D eigenvalue weighted by molar-refractivity contribution is 5.78. The standard InChI is InChI=1S/C20H26F2N4O/c1-14-3-2-4-16(9-14)24-19(27)13-25-5-7-26(8-6-25)20-17(21)10-15(12-23)11-18(20)22/h10-11,14,16H,2-9,13H2,1H3,(H,24,27). The first kappa shape index (κ1) is 19.6. The summed E-state index contributed by atoms with van der Waals surface area (Å²) in [6.45, 7) is 4.54. The number of carbonyl (C=O) groups excluding carboxylic acids is 1. The summed E-state index contributed by atoms with van der Waals surface area (Å²) in [5, 5.41) is 11.9. The Balaban J connectivity index is 1.50. The monoisotopic (exact) mass is 376 g/mol. The van der Waals surface area contributed by atoms with E-state index >= 15 is 0 Å². The minimum Gasteiger partial charge on any atom is -0.364 e. The molecule has 2 atom stereocenters. The Morgan fingerprint density at radius 2 is 1.89 bits per heavy atom. The van der Waals surface area contributed by atoms with Crippen LogP contribution in [0.3, 0.4) is 0 Å². The number of rotatable bonds is 4. The maximum atomic E-state index is 14.2. The molecule has 2 unspecified atom stereocenters. The van der Waals surface area contributed by atoms with Crippen molar-refractivity contribution in [3.05, 3.63) is 29.3 Å². The molecule has 2 aliphatic rings. The van der Waals surface area contributed by atoms with E-state index in [1.54, 1.807) is 11.0 Å². The van der Waals surface area contributed by atoms with Crippen LogP contribution < -0.4 is 10.2 Å². The van der Waals surface area contributed by atoms with E-state index in [2.05, 4.69) is 12.2 Å². The SMILES string of the molecule is CC1CCCC(NC(=O)CN2CCN(c3c(F)cc(C#N)cc3F)CC2)C1. The number of nitrogens with one attached hydrogen (secondary N) is 1. The normalized spacial score (nSPS) is 23.7. The molecule has 146 valence electrons. The summed E-state index contributed by atoms with van der Waals surface area (Å²) >= 11 is 0. The zero-order chi connectivity index (χ0) is 19.4. The third-order valence-electron chi connectivity index (χ3n) is 5.50. The lowest BCUT2D eigenvalue weighted by molar-refractivity contribution is -0.123. The van der Waals surface area contributed by atoms with E-state index in [-0.39, 0.29) is 23.2 Å². The molecule has 1 saturated heterocycles. The van der Waals surface area contributed by atoms with Crippen molar-refractivity contribution in [2.45, 2.75) is 38.6 Å². The van der Waals surface area contributed by atoms with Crippen LogP contribution in [0.2, 0.25) is 0 Å². The topological polar surface area (TPSA) is 59.4 Å². The number of carbonyl (C=O) groups is 1. The molecule has 1 aliphatic heterocycles. The molecule has 1 heterocycles. The van der Waals surface area contributed by atoms with Crippen molar-refractivity contribution in [2.75, 3.05) is 37.6 Å². The average molecular weight is 376 g/mol. The summed E-state index contributed by atoms with van der Waals surface area (Å²) < 4.78 is 28.3. The number of anilines is 1. The lowest BCUT2D eigenvalue weighted by atomic mass is 9.87. The number of hydrogen-bond donors (Lipinski definition) is 1. The van der Waals surface area contributed by atoms with Crippen LogP contribution in [0, 0.1) is 28.9 Å². The summed E-state index contributed by atoms with van der Waals surface area (Å²) in [5.74, 6) is -0.753. The lowest BCUT2D eigenvalue weighted by Gasteiger charge is -2.36. The summed E-state index contributed by atoms with van der Waals surface area (Å²) in [6, 6.07) is 4.14. The molecular weight excluding hydrogens is 350 g/mol. The van der Waals surface area contributed by atoms with Crippen LogP contribution in [-0.4, -0.2) is 49.6 Å². The number of benzene rings is 1. The van der Waals surface area contributed by atoms with Gasteiger partial charge in [0.1, 0.15) is 5.69 Å².